The number of hydrogen-bond acceptors (Lipinski definition) is 2. The molecule has 2 nitrogen and oxygen atoms in total. The number of para-hydroxylation sites is 1. The van der Waals surface area contributed by atoms with Crippen molar-refractivity contribution in [2.45, 2.75) is 11.8 Å². The maximum atomic E-state index is 6.49. The summed E-state index contributed by atoms with van der Waals surface area (Å²) in [5.41, 5.74) is 2.83. The SMILES string of the molecule is Clc1cnccc1CC(Cl)c1coc2ccccc12. The van der Waals surface area contributed by atoms with Crippen LogP contribution < -0.4 is 0 Å². The second kappa shape index (κ2) is 5.24. The summed E-state index contributed by atoms with van der Waals surface area (Å²) in [5, 5.41) is 1.51. The molecule has 0 amide bonds. The molecule has 1 unspecified atom stereocenters. The maximum Gasteiger partial charge on any atom is 0.134 e. The van der Waals surface area contributed by atoms with Gasteiger partial charge in [0, 0.05) is 23.3 Å². The van der Waals surface area contributed by atoms with Gasteiger partial charge in [0.05, 0.1) is 16.7 Å². The lowest BCUT2D eigenvalue weighted by Crippen LogP contribution is -1.96. The molecule has 19 heavy (non-hydrogen) atoms. The quantitative estimate of drug-likeness (QED) is 0.635. The Hall–Kier alpha value is -1.51. The number of halogens is 2. The molecule has 3 aromatic rings. The van der Waals surface area contributed by atoms with Gasteiger partial charge in [-0.15, -0.1) is 11.6 Å². The molecule has 2 aromatic heterocycles. The van der Waals surface area contributed by atoms with Crippen molar-refractivity contribution in [1.29, 1.82) is 0 Å². The molecule has 0 saturated carbocycles. The van der Waals surface area contributed by atoms with Crippen LogP contribution >= 0.6 is 23.2 Å². The number of hydrogen-bond donors (Lipinski definition) is 0. The van der Waals surface area contributed by atoms with Crippen molar-refractivity contribution >= 4 is 34.2 Å². The third kappa shape index (κ3) is 2.46. The van der Waals surface area contributed by atoms with Crippen LogP contribution in [0.4, 0.5) is 0 Å². The normalized spacial score (nSPS) is 12.7. The predicted molar refractivity (Wildman–Crippen MR) is 77.8 cm³/mol. The van der Waals surface area contributed by atoms with Crippen molar-refractivity contribution in [2.75, 3.05) is 0 Å². The van der Waals surface area contributed by atoms with Crippen molar-refractivity contribution in [3.8, 4) is 0 Å². The third-order valence-electron chi connectivity index (χ3n) is 3.10. The fourth-order valence-corrected chi connectivity index (χ4v) is 2.65. The highest BCUT2D eigenvalue weighted by atomic mass is 35.5. The van der Waals surface area contributed by atoms with E-state index in [1.54, 1.807) is 18.7 Å². The highest BCUT2D eigenvalue weighted by Crippen LogP contribution is 2.33. The van der Waals surface area contributed by atoms with Crippen LogP contribution in [0.25, 0.3) is 11.0 Å². The van der Waals surface area contributed by atoms with Gasteiger partial charge >= 0.3 is 0 Å². The summed E-state index contributed by atoms with van der Waals surface area (Å²) >= 11 is 12.6. The minimum Gasteiger partial charge on any atom is -0.464 e. The molecule has 0 aliphatic heterocycles. The number of furan rings is 1. The second-order valence-corrected chi connectivity index (χ2v) is 5.26. The summed E-state index contributed by atoms with van der Waals surface area (Å²) in [6.45, 7) is 0. The number of nitrogens with zero attached hydrogens (tertiary/aromatic N) is 1. The van der Waals surface area contributed by atoms with E-state index in [-0.39, 0.29) is 5.38 Å². The molecule has 1 aromatic carbocycles. The van der Waals surface area contributed by atoms with Crippen LogP contribution in [0.1, 0.15) is 16.5 Å². The molecule has 0 N–H and O–H groups in total. The molecular formula is C15H11Cl2NO. The van der Waals surface area contributed by atoms with Gasteiger partial charge in [-0.05, 0) is 24.1 Å². The lowest BCUT2D eigenvalue weighted by Gasteiger charge is -2.09. The zero-order chi connectivity index (χ0) is 13.2. The van der Waals surface area contributed by atoms with E-state index < -0.39 is 0 Å². The number of pyridine rings is 1. The first-order valence-electron chi connectivity index (χ1n) is 5.94. The van der Waals surface area contributed by atoms with Crippen LogP contribution in [0.15, 0.2) is 53.4 Å². The lowest BCUT2D eigenvalue weighted by atomic mass is 10.0. The molecule has 0 aliphatic carbocycles. The Morgan fingerprint density at radius 3 is 2.89 bits per heavy atom. The van der Waals surface area contributed by atoms with Crippen molar-refractivity contribution in [3.63, 3.8) is 0 Å². The average Bonchev–Trinajstić information content (AvgIpc) is 2.85. The summed E-state index contributed by atoms with van der Waals surface area (Å²) < 4.78 is 5.51. The van der Waals surface area contributed by atoms with Gasteiger partial charge in [-0.2, -0.15) is 0 Å². The van der Waals surface area contributed by atoms with E-state index in [1.807, 2.05) is 30.3 Å². The monoisotopic (exact) mass is 291 g/mol. The summed E-state index contributed by atoms with van der Waals surface area (Å²) in [7, 11) is 0. The molecule has 96 valence electrons. The van der Waals surface area contributed by atoms with Crippen LogP contribution in [-0.2, 0) is 6.42 Å². The highest BCUT2D eigenvalue weighted by Gasteiger charge is 2.16. The molecule has 0 fully saturated rings. The fourth-order valence-electron chi connectivity index (χ4n) is 2.11. The van der Waals surface area contributed by atoms with Crippen LogP contribution in [0, 0.1) is 0 Å². The minimum atomic E-state index is -0.177. The number of alkyl halides is 1. The fraction of sp³-hybridized carbons (Fsp3) is 0.133. The Bertz CT molecular complexity index is 708. The van der Waals surface area contributed by atoms with Gasteiger partial charge in [0.2, 0.25) is 0 Å². The van der Waals surface area contributed by atoms with Crippen LogP contribution in [0.3, 0.4) is 0 Å². The Labute approximate surface area is 121 Å². The van der Waals surface area contributed by atoms with E-state index in [1.165, 1.54) is 0 Å². The third-order valence-corrected chi connectivity index (χ3v) is 3.83. The number of fused-ring (bicyclic) bond motifs is 1. The smallest absolute Gasteiger partial charge is 0.134 e. The van der Waals surface area contributed by atoms with Crippen molar-refractivity contribution < 1.29 is 4.42 Å². The first-order valence-corrected chi connectivity index (χ1v) is 6.76. The standard InChI is InChI=1S/C15H11Cl2NO/c16-13(7-10-5-6-18-8-14(10)17)12-9-19-15-4-2-1-3-11(12)15/h1-6,8-9,13H,7H2. The number of rotatable bonds is 3. The second-order valence-electron chi connectivity index (χ2n) is 4.33. The summed E-state index contributed by atoms with van der Waals surface area (Å²) in [6, 6.07) is 9.75. The zero-order valence-electron chi connectivity index (χ0n) is 10.0. The highest BCUT2D eigenvalue weighted by molar-refractivity contribution is 6.31. The first kappa shape index (κ1) is 12.5. The van der Waals surface area contributed by atoms with Crippen LogP contribution in [0.5, 0.6) is 0 Å². The van der Waals surface area contributed by atoms with E-state index in [0.29, 0.717) is 11.4 Å². The molecule has 0 bridgehead atoms. The molecule has 0 aliphatic rings. The molecule has 0 saturated heterocycles. The van der Waals surface area contributed by atoms with Gasteiger partial charge in [0.1, 0.15) is 5.58 Å². The van der Waals surface area contributed by atoms with Crippen LogP contribution in [0.2, 0.25) is 5.02 Å². The van der Waals surface area contributed by atoms with Gasteiger partial charge in [0.25, 0.3) is 0 Å². The molecule has 4 heteroatoms. The Balaban J connectivity index is 1.92. The number of aromatic nitrogens is 1. The summed E-state index contributed by atoms with van der Waals surface area (Å²) in [6.07, 6.45) is 5.72. The van der Waals surface area contributed by atoms with Gasteiger partial charge < -0.3 is 4.42 Å². The van der Waals surface area contributed by atoms with Gasteiger partial charge in [-0.3, -0.25) is 4.98 Å². The van der Waals surface area contributed by atoms with E-state index >= 15 is 0 Å². The van der Waals surface area contributed by atoms with Crippen LogP contribution in [-0.4, -0.2) is 4.98 Å². The van der Waals surface area contributed by atoms with Gasteiger partial charge in [-0.25, -0.2) is 0 Å². The van der Waals surface area contributed by atoms with Gasteiger partial charge in [-0.1, -0.05) is 29.8 Å². The Kier molecular flexibility index (Phi) is 3.45. The molecule has 0 radical (unpaired) electrons. The van der Waals surface area contributed by atoms with E-state index in [4.69, 9.17) is 27.6 Å². The number of benzene rings is 1. The van der Waals surface area contributed by atoms with Crippen molar-refractivity contribution in [1.82, 2.24) is 4.98 Å². The maximum absolute atomic E-state index is 6.49. The summed E-state index contributed by atoms with van der Waals surface area (Å²) in [4.78, 5) is 3.97. The summed E-state index contributed by atoms with van der Waals surface area (Å²) in [5.74, 6) is 0. The zero-order valence-corrected chi connectivity index (χ0v) is 11.5. The topological polar surface area (TPSA) is 26.0 Å². The molecule has 0 spiro atoms. The molecular weight excluding hydrogens is 281 g/mol. The largest absolute Gasteiger partial charge is 0.464 e. The molecule has 1 atom stereocenters. The van der Waals surface area contributed by atoms with E-state index in [0.717, 1.165) is 22.1 Å². The van der Waals surface area contributed by atoms with E-state index in [2.05, 4.69) is 4.98 Å². The van der Waals surface area contributed by atoms with Gasteiger partial charge in [0.15, 0.2) is 0 Å². The Morgan fingerprint density at radius 2 is 2.05 bits per heavy atom. The molecule has 2 heterocycles. The van der Waals surface area contributed by atoms with E-state index in [9.17, 15) is 0 Å². The minimum absolute atomic E-state index is 0.177. The first-order chi connectivity index (χ1) is 9.25. The van der Waals surface area contributed by atoms with Crippen molar-refractivity contribution in [3.05, 3.63) is 65.1 Å². The van der Waals surface area contributed by atoms with Crippen molar-refractivity contribution in [2.24, 2.45) is 0 Å². The lowest BCUT2D eigenvalue weighted by molar-refractivity contribution is 0.609. The Morgan fingerprint density at radius 1 is 1.21 bits per heavy atom. The predicted octanol–water partition coefficient (Wildman–Crippen LogP) is 5.00. The molecule has 3 rings (SSSR count). The average molecular weight is 292 g/mol.